The first-order chi connectivity index (χ1) is 15.5. The van der Waals surface area contributed by atoms with E-state index in [1.54, 1.807) is 42.5 Å². The predicted molar refractivity (Wildman–Crippen MR) is 118 cm³/mol. The summed E-state index contributed by atoms with van der Waals surface area (Å²) in [6.45, 7) is 0.0818. The lowest BCUT2D eigenvalue weighted by atomic mass is 9.98. The zero-order valence-electron chi connectivity index (χ0n) is 17.1. The molecular weight excluding hydrogens is 410 g/mol. The lowest BCUT2D eigenvalue weighted by Crippen LogP contribution is -2.11. The van der Waals surface area contributed by atoms with Crippen molar-refractivity contribution in [3.63, 3.8) is 0 Å². The third kappa shape index (κ3) is 4.39. The molecule has 4 aromatic rings. The molecule has 0 fully saturated rings. The van der Waals surface area contributed by atoms with Gasteiger partial charge in [-0.25, -0.2) is 4.79 Å². The van der Waals surface area contributed by atoms with Crippen LogP contribution in [-0.2, 0) is 24.4 Å². The van der Waals surface area contributed by atoms with Crippen LogP contribution in [0.25, 0.3) is 22.1 Å². The zero-order valence-corrected chi connectivity index (χ0v) is 17.1. The fourth-order valence-electron chi connectivity index (χ4n) is 3.55. The number of carbonyl (C=O) groups is 2. The Labute approximate surface area is 183 Å². The molecule has 4 N–H and O–H groups in total. The minimum atomic E-state index is -1.02. The van der Waals surface area contributed by atoms with Crippen LogP contribution in [-0.4, -0.2) is 22.2 Å². The smallest absolute Gasteiger partial charge is 0.343 e. The van der Waals surface area contributed by atoms with Gasteiger partial charge in [-0.3, -0.25) is 4.79 Å². The molecule has 4 rings (SSSR count). The zero-order chi connectivity index (χ0) is 22.7. The second kappa shape index (κ2) is 9.05. The van der Waals surface area contributed by atoms with Crippen molar-refractivity contribution < 1.29 is 29.0 Å². The number of aliphatic carboxylic acids is 1. The lowest BCUT2D eigenvalue weighted by Gasteiger charge is -2.11. The van der Waals surface area contributed by atoms with E-state index in [-0.39, 0.29) is 24.3 Å². The van der Waals surface area contributed by atoms with E-state index in [0.29, 0.717) is 34.4 Å². The van der Waals surface area contributed by atoms with Crippen molar-refractivity contribution in [2.75, 3.05) is 0 Å². The molecule has 0 aliphatic heterocycles. The minimum Gasteiger partial charge on any atom is -0.481 e. The number of aliphatic hydroxyl groups is 1. The Hall–Kier alpha value is -3.94. The Morgan fingerprint density at radius 1 is 1.00 bits per heavy atom. The average molecular weight is 431 g/mol. The number of ether oxygens (including phenoxy) is 1. The maximum Gasteiger partial charge on any atom is 0.343 e. The third-order valence-corrected chi connectivity index (χ3v) is 5.05. The molecule has 162 valence electrons. The van der Waals surface area contributed by atoms with Crippen molar-refractivity contribution in [1.29, 1.82) is 0 Å². The number of hydrogen-bond donors (Lipinski definition) is 3. The van der Waals surface area contributed by atoms with Gasteiger partial charge in [-0.2, -0.15) is 0 Å². The number of carboxylic acids is 1. The quantitative estimate of drug-likeness (QED) is 0.300. The molecule has 0 saturated carbocycles. The fourth-order valence-corrected chi connectivity index (χ4v) is 3.55. The maximum absolute atomic E-state index is 13.0. The van der Waals surface area contributed by atoms with Gasteiger partial charge in [-0.1, -0.05) is 36.4 Å². The van der Waals surface area contributed by atoms with Crippen LogP contribution in [0.4, 0.5) is 0 Å². The van der Waals surface area contributed by atoms with E-state index < -0.39 is 11.9 Å². The highest BCUT2D eigenvalue weighted by Gasteiger charge is 2.18. The molecule has 0 amide bonds. The van der Waals surface area contributed by atoms with Crippen LogP contribution in [0.15, 0.2) is 71.1 Å². The number of carboxylic acid groups (broad SMARTS) is 1. The first kappa shape index (κ1) is 21.3. The Morgan fingerprint density at radius 2 is 1.81 bits per heavy atom. The first-order valence-corrected chi connectivity index (χ1v) is 9.97. The van der Waals surface area contributed by atoms with Crippen LogP contribution >= 0.6 is 0 Å². The molecule has 7 heteroatoms. The van der Waals surface area contributed by atoms with Crippen molar-refractivity contribution in [2.45, 2.75) is 19.6 Å². The number of benzene rings is 3. The Kier molecular flexibility index (Phi) is 6.02. The normalized spacial score (nSPS) is 10.9. The van der Waals surface area contributed by atoms with Crippen LogP contribution in [0.3, 0.4) is 0 Å². The molecule has 0 spiro atoms. The highest BCUT2D eigenvalue weighted by Crippen LogP contribution is 2.34. The van der Waals surface area contributed by atoms with Crippen LogP contribution in [0, 0.1) is 0 Å². The standard InChI is InChI=1S/C25H21NO6/c26-13-15-4-3-6-16(8-15)21-11-19(9-18-10-20(14-27)31-24(18)21)25(30)32-22-7-2-1-5-17(22)12-23(28)29/h1-11,27H,12-14,26H2,(H,28,29). The number of carbonyl (C=O) groups excluding carboxylic acids is 1. The summed E-state index contributed by atoms with van der Waals surface area (Å²) < 4.78 is 11.3. The van der Waals surface area contributed by atoms with E-state index in [2.05, 4.69) is 0 Å². The van der Waals surface area contributed by atoms with Gasteiger partial charge in [0, 0.05) is 23.1 Å². The highest BCUT2D eigenvalue weighted by atomic mass is 16.5. The van der Waals surface area contributed by atoms with Crippen LogP contribution in [0.1, 0.15) is 27.2 Å². The number of nitrogens with two attached hydrogens (primary N) is 1. The molecule has 32 heavy (non-hydrogen) atoms. The lowest BCUT2D eigenvalue weighted by molar-refractivity contribution is -0.136. The van der Waals surface area contributed by atoms with Gasteiger partial charge in [0.15, 0.2) is 0 Å². The Morgan fingerprint density at radius 3 is 2.56 bits per heavy atom. The summed E-state index contributed by atoms with van der Waals surface area (Å²) in [7, 11) is 0. The summed E-state index contributed by atoms with van der Waals surface area (Å²) in [4.78, 5) is 24.1. The number of aliphatic hydroxyl groups excluding tert-OH is 1. The van der Waals surface area contributed by atoms with Crippen molar-refractivity contribution in [3.05, 3.63) is 89.2 Å². The molecule has 0 bridgehead atoms. The van der Waals surface area contributed by atoms with Gasteiger partial charge in [-0.15, -0.1) is 0 Å². The average Bonchev–Trinajstić information content (AvgIpc) is 3.22. The van der Waals surface area contributed by atoms with Crippen LogP contribution in [0.5, 0.6) is 5.75 Å². The molecule has 0 saturated heterocycles. The van der Waals surface area contributed by atoms with E-state index in [1.165, 1.54) is 0 Å². The summed E-state index contributed by atoms with van der Waals surface area (Å²) in [5.74, 6) is -1.09. The SMILES string of the molecule is NCc1cccc(-c2cc(C(=O)Oc3ccccc3CC(=O)O)cc3cc(CO)oc23)c1. The highest BCUT2D eigenvalue weighted by molar-refractivity contribution is 6.01. The van der Waals surface area contributed by atoms with E-state index in [0.717, 1.165) is 11.1 Å². The number of fused-ring (bicyclic) bond motifs is 1. The van der Waals surface area contributed by atoms with E-state index in [4.69, 9.17) is 20.0 Å². The van der Waals surface area contributed by atoms with E-state index in [1.807, 2.05) is 24.3 Å². The van der Waals surface area contributed by atoms with Gasteiger partial charge in [-0.05, 0) is 41.5 Å². The number of rotatable bonds is 7. The van der Waals surface area contributed by atoms with Gasteiger partial charge < -0.3 is 25.1 Å². The maximum atomic E-state index is 13.0. The van der Waals surface area contributed by atoms with E-state index in [9.17, 15) is 14.7 Å². The number of esters is 1. The molecule has 0 radical (unpaired) electrons. The van der Waals surface area contributed by atoms with Gasteiger partial charge in [0.25, 0.3) is 0 Å². The largest absolute Gasteiger partial charge is 0.481 e. The number of para-hydroxylation sites is 1. The fraction of sp³-hybridized carbons (Fsp3) is 0.120. The van der Waals surface area contributed by atoms with Crippen LogP contribution < -0.4 is 10.5 Å². The minimum absolute atomic E-state index is 0.190. The molecule has 0 aliphatic rings. The number of furan rings is 1. The van der Waals surface area contributed by atoms with E-state index >= 15 is 0 Å². The summed E-state index contributed by atoms with van der Waals surface area (Å²) in [5, 5.41) is 19.3. The molecule has 7 nitrogen and oxygen atoms in total. The predicted octanol–water partition coefficient (Wildman–Crippen LogP) is 3.90. The summed E-state index contributed by atoms with van der Waals surface area (Å²) in [6.07, 6.45) is -0.263. The molecule has 0 atom stereocenters. The molecule has 3 aromatic carbocycles. The van der Waals surface area contributed by atoms with Gasteiger partial charge >= 0.3 is 11.9 Å². The Bertz CT molecular complexity index is 1310. The molecule has 0 unspecified atom stereocenters. The molecule has 1 heterocycles. The second-order valence-electron chi connectivity index (χ2n) is 7.29. The summed E-state index contributed by atoms with van der Waals surface area (Å²) in [5.41, 5.74) is 9.35. The van der Waals surface area contributed by atoms with Gasteiger partial charge in [0.05, 0.1) is 12.0 Å². The van der Waals surface area contributed by atoms with Crippen molar-refractivity contribution >= 4 is 22.9 Å². The van der Waals surface area contributed by atoms with Crippen molar-refractivity contribution in [1.82, 2.24) is 0 Å². The number of hydrogen-bond acceptors (Lipinski definition) is 6. The van der Waals surface area contributed by atoms with Crippen LogP contribution in [0.2, 0.25) is 0 Å². The molecular formula is C25H21NO6. The Balaban J connectivity index is 1.78. The molecule has 0 aliphatic carbocycles. The van der Waals surface area contributed by atoms with Crippen molar-refractivity contribution in [2.24, 2.45) is 5.73 Å². The monoisotopic (exact) mass is 431 g/mol. The molecule has 1 aromatic heterocycles. The van der Waals surface area contributed by atoms with Gasteiger partial charge in [0.1, 0.15) is 23.7 Å². The summed E-state index contributed by atoms with van der Waals surface area (Å²) in [6, 6.07) is 19.0. The second-order valence-corrected chi connectivity index (χ2v) is 7.29. The third-order valence-electron chi connectivity index (χ3n) is 5.05. The topological polar surface area (TPSA) is 123 Å². The van der Waals surface area contributed by atoms with Gasteiger partial charge in [0.2, 0.25) is 0 Å². The first-order valence-electron chi connectivity index (χ1n) is 9.97. The van der Waals surface area contributed by atoms with Crippen molar-refractivity contribution in [3.8, 4) is 16.9 Å². The summed E-state index contributed by atoms with van der Waals surface area (Å²) >= 11 is 0.